The molecule has 3 fully saturated rings. The van der Waals surface area contributed by atoms with Gasteiger partial charge >= 0.3 is 0 Å². The lowest BCUT2D eigenvalue weighted by Gasteiger charge is -2.48. The molecule has 3 rings (SSSR count). The Balaban J connectivity index is 1.30. The molecule has 0 aromatic rings. The third-order valence-electron chi connectivity index (χ3n) is 17.3. The summed E-state index contributed by atoms with van der Waals surface area (Å²) in [6, 6.07) is -0.988. The molecule has 3 aliphatic rings. The van der Waals surface area contributed by atoms with Crippen molar-refractivity contribution in [3.05, 3.63) is 60.8 Å². The van der Waals surface area contributed by atoms with Crippen LogP contribution in [-0.2, 0) is 33.2 Å². The summed E-state index contributed by atoms with van der Waals surface area (Å²) in [5.41, 5.74) is 0. The van der Waals surface area contributed by atoms with E-state index in [9.17, 15) is 61.0 Å². The SMILES string of the molecule is CCCCC/C=C/CC/C=C/C(O)C(COC1OC(CO)C(OC2OC(CO)C(OC3OC(CO)C(O)C(O)C3O)C(O)C2O)C(O)C1O)NC(=O)CCCCCCCCCCCCCCCCCCCCCC/C=C\C/C=C\C/C=C\CCCCCCC. The van der Waals surface area contributed by atoms with Gasteiger partial charge in [0.05, 0.1) is 38.6 Å². The van der Waals surface area contributed by atoms with E-state index in [1.54, 1.807) is 6.08 Å². The van der Waals surface area contributed by atoms with Crippen molar-refractivity contribution >= 4 is 5.91 Å². The second kappa shape index (κ2) is 51.8. The van der Waals surface area contributed by atoms with Crippen LogP contribution in [0.4, 0.5) is 0 Å². The van der Waals surface area contributed by atoms with E-state index >= 15 is 0 Å². The highest BCUT2D eigenvalue weighted by Crippen LogP contribution is 2.33. The normalized spacial score (nSPS) is 28.6. The second-order valence-electron chi connectivity index (χ2n) is 25.0. The number of ether oxygens (including phenoxy) is 6. The largest absolute Gasteiger partial charge is 0.394 e. The molecule has 19 nitrogen and oxygen atoms in total. The van der Waals surface area contributed by atoms with Crippen LogP contribution in [0.1, 0.15) is 245 Å². The van der Waals surface area contributed by atoms with Crippen molar-refractivity contribution in [3.63, 3.8) is 0 Å². The van der Waals surface area contributed by atoms with E-state index in [-0.39, 0.29) is 18.9 Å². The molecule has 1 amide bonds. The Hall–Kier alpha value is -2.51. The lowest BCUT2D eigenvalue weighted by Crippen LogP contribution is -2.66. The Morgan fingerprint density at radius 1 is 0.404 bits per heavy atom. The topological polar surface area (TPSA) is 307 Å². The molecule has 3 aliphatic heterocycles. The highest BCUT2D eigenvalue weighted by atomic mass is 16.8. The van der Waals surface area contributed by atoms with Crippen LogP contribution in [0.2, 0.25) is 0 Å². The number of hydrogen-bond donors (Lipinski definition) is 12. The summed E-state index contributed by atoms with van der Waals surface area (Å²) < 4.78 is 34.2. The lowest BCUT2D eigenvalue weighted by molar-refractivity contribution is -0.379. The van der Waals surface area contributed by atoms with E-state index in [1.165, 1.54) is 154 Å². The van der Waals surface area contributed by atoms with Crippen LogP contribution in [0.3, 0.4) is 0 Å². The summed E-state index contributed by atoms with van der Waals surface area (Å²) in [5.74, 6) is -0.287. The van der Waals surface area contributed by atoms with Gasteiger partial charge in [-0.3, -0.25) is 4.79 Å². The van der Waals surface area contributed by atoms with Gasteiger partial charge in [-0.15, -0.1) is 0 Å². The maximum atomic E-state index is 13.3. The lowest BCUT2D eigenvalue weighted by atomic mass is 9.96. The number of unbranched alkanes of at least 4 members (excludes halogenated alkanes) is 29. The monoisotopic (exact) mass is 1270 g/mol. The molecule has 17 unspecified atom stereocenters. The van der Waals surface area contributed by atoms with Gasteiger partial charge in [-0.2, -0.15) is 0 Å². The number of aliphatic hydroxyl groups is 11. The van der Waals surface area contributed by atoms with Gasteiger partial charge in [0.2, 0.25) is 5.91 Å². The average Bonchev–Trinajstić information content (AvgIpc) is 1.06. The van der Waals surface area contributed by atoms with Crippen molar-refractivity contribution in [2.75, 3.05) is 26.4 Å². The minimum absolute atomic E-state index is 0.236. The molecule has 12 N–H and O–H groups in total. The molecule has 518 valence electrons. The first kappa shape index (κ1) is 80.7. The maximum Gasteiger partial charge on any atom is 0.220 e. The Kier molecular flexibility index (Phi) is 47.0. The first-order chi connectivity index (χ1) is 43.3. The fourth-order valence-corrected chi connectivity index (χ4v) is 11.6. The van der Waals surface area contributed by atoms with Crippen LogP contribution in [0.15, 0.2) is 60.8 Å². The maximum absolute atomic E-state index is 13.3. The number of aliphatic hydroxyl groups excluding tert-OH is 11. The zero-order chi connectivity index (χ0) is 64.7. The first-order valence-corrected chi connectivity index (χ1v) is 35.0. The molecule has 3 saturated heterocycles. The first-order valence-electron chi connectivity index (χ1n) is 35.0. The summed E-state index contributed by atoms with van der Waals surface area (Å²) in [6.07, 6.45) is 36.9. The van der Waals surface area contributed by atoms with Crippen molar-refractivity contribution in [2.24, 2.45) is 0 Å². The highest BCUT2D eigenvalue weighted by Gasteiger charge is 2.53. The zero-order valence-corrected chi connectivity index (χ0v) is 54.6. The predicted molar refractivity (Wildman–Crippen MR) is 346 cm³/mol. The number of amides is 1. The third kappa shape index (κ3) is 33.9. The number of carbonyl (C=O) groups excluding carboxylic acids is 1. The molecule has 0 aromatic heterocycles. The predicted octanol–water partition coefficient (Wildman–Crippen LogP) is 9.16. The van der Waals surface area contributed by atoms with E-state index in [2.05, 4.69) is 67.8 Å². The molecule has 0 aliphatic carbocycles. The van der Waals surface area contributed by atoms with Gasteiger partial charge < -0.3 is 89.9 Å². The Bertz CT molecular complexity index is 1850. The zero-order valence-electron chi connectivity index (χ0n) is 54.6. The minimum Gasteiger partial charge on any atom is -0.394 e. The van der Waals surface area contributed by atoms with Crippen molar-refractivity contribution < 1.29 is 89.4 Å². The van der Waals surface area contributed by atoms with Gasteiger partial charge in [0.15, 0.2) is 18.9 Å². The van der Waals surface area contributed by atoms with Gasteiger partial charge in [0, 0.05) is 6.42 Å². The number of nitrogens with one attached hydrogen (secondary N) is 1. The van der Waals surface area contributed by atoms with Crippen LogP contribution in [0, 0.1) is 0 Å². The number of hydrogen-bond acceptors (Lipinski definition) is 18. The van der Waals surface area contributed by atoms with Gasteiger partial charge in [-0.25, -0.2) is 0 Å². The fraction of sp³-hybridized carbons (Fsp3) is 0.843. The number of allylic oxidation sites excluding steroid dienone is 9. The fourth-order valence-electron chi connectivity index (χ4n) is 11.6. The van der Waals surface area contributed by atoms with E-state index in [0.29, 0.717) is 12.8 Å². The molecular weight excluding hydrogens is 1140 g/mol. The molecule has 19 heteroatoms. The van der Waals surface area contributed by atoms with Gasteiger partial charge in [-0.05, 0) is 70.6 Å². The smallest absolute Gasteiger partial charge is 0.220 e. The molecule has 3 heterocycles. The quantitative estimate of drug-likeness (QED) is 0.0199. The second-order valence-corrected chi connectivity index (χ2v) is 25.0. The van der Waals surface area contributed by atoms with Crippen molar-refractivity contribution in [1.82, 2.24) is 5.32 Å². The standard InChI is InChI=1S/C70H125NO18/c1-3-5-7-9-11-13-14-15-16-17-18-19-20-21-22-23-24-25-26-27-28-29-30-31-32-33-34-35-36-37-38-40-42-44-46-48-58(76)71-53(54(75)47-45-43-41-39-12-10-8-6-4-2)52-84-68-64(82)61(79)66(56(50-73)86-68)89-70-65(83)62(80)67(57(51-74)87-70)88-69-63(81)60(78)59(77)55(49-72)85-69/h12,14-15,17-18,20-21,39,45,47,53-57,59-70,72-75,77-83H,3-11,13,16,19,22-38,40-44,46,48-52H2,1-2H3,(H,71,76)/b15-14-,18-17-,21-20-,39-12+,47-45+. The third-order valence-corrected chi connectivity index (χ3v) is 17.3. The number of rotatable bonds is 53. The van der Waals surface area contributed by atoms with E-state index in [1.807, 2.05) is 6.08 Å². The molecule has 0 radical (unpaired) electrons. The van der Waals surface area contributed by atoms with E-state index in [0.717, 1.165) is 57.8 Å². The van der Waals surface area contributed by atoms with Crippen molar-refractivity contribution in [2.45, 2.75) is 349 Å². The summed E-state index contributed by atoms with van der Waals surface area (Å²) in [6.45, 7) is 1.63. The Labute approximate surface area is 535 Å². The molecule has 0 spiro atoms. The van der Waals surface area contributed by atoms with Crippen molar-refractivity contribution in [1.29, 1.82) is 0 Å². The Morgan fingerprint density at radius 2 is 0.753 bits per heavy atom. The van der Waals surface area contributed by atoms with Gasteiger partial charge in [0.1, 0.15) is 73.2 Å². The summed E-state index contributed by atoms with van der Waals surface area (Å²) >= 11 is 0. The van der Waals surface area contributed by atoms with Crippen LogP contribution >= 0.6 is 0 Å². The van der Waals surface area contributed by atoms with Crippen LogP contribution in [0.5, 0.6) is 0 Å². The van der Waals surface area contributed by atoms with Gasteiger partial charge in [0.25, 0.3) is 0 Å². The summed E-state index contributed by atoms with van der Waals surface area (Å²) in [7, 11) is 0. The molecule has 89 heavy (non-hydrogen) atoms. The average molecular weight is 1270 g/mol. The van der Waals surface area contributed by atoms with Crippen molar-refractivity contribution in [3.8, 4) is 0 Å². The van der Waals surface area contributed by atoms with E-state index in [4.69, 9.17) is 28.4 Å². The molecule has 0 aromatic carbocycles. The summed E-state index contributed by atoms with van der Waals surface area (Å²) in [4.78, 5) is 13.3. The van der Waals surface area contributed by atoms with E-state index < -0.39 is 124 Å². The number of carbonyl (C=O) groups is 1. The van der Waals surface area contributed by atoms with Crippen LogP contribution in [-0.4, -0.2) is 193 Å². The molecule has 0 saturated carbocycles. The summed E-state index contributed by atoms with van der Waals surface area (Å²) in [5, 5.41) is 120. The van der Waals surface area contributed by atoms with Gasteiger partial charge in [-0.1, -0.05) is 229 Å². The van der Waals surface area contributed by atoms with Crippen LogP contribution in [0.25, 0.3) is 0 Å². The molecule has 0 bridgehead atoms. The molecular formula is C70H125NO18. The molecule has 17 atom stereocenters. The van der Waals surface area contributed by atoms with Crippen LogP contribution < -0.4 is 5.32 Å². The Morgan fingerprint density at radius 3 is 1.22 bits per heavy atom. The highest BCUT2D eigenvalue weighted by molar-refractivity contribution is 5.76. The minimum atomic E-state index is -1.98.